The summed E-state index contributed by atoms with van der Waals surface area (Å²) in [6, 6.07) is 0.515. The smallest absolute Gasteiger partial charge is 0.303 e. The normalized spacial score (nSPS) is 31.2. The zero-order chi connectivity index (χ0) is 16.4. The maximum Gasteiger partial charge on any atom is 0.303 e. The van der Waals surface area contributed by atoms with Gasteiger partial charge in [0.1, 0.15) is 5.82 Å². The van der Waals surface area contributed by atoms with Crippen LogP contribution in [0, 0.1) is 17.8 Å². The molecule has 0 spiro atoms. The number of nitrogens with zero attached hydrogens (tertiary/aromatic N) is 4. The summed E-state index contributed by atoms with van der Waals surface area (Å²) in [4.78, 5) is 25.2. The molecule has 7 heteroatoms. The van der Waals surface area contributed by atoms with Gasteiger partial charge in [-0.3, -0.25) is 4.79 Å². The number of carboxylic acids is 1. The third-order valence-electron chi connectivity index (χ3n) is 5.97. The first-order valence-electron chi connectivity index (χ1n) is 8.59. The molecule has 126 valence electrons. The Kier molecular flexibility index (Phi) is 3.04. The zero-order valence-corrected chi connectivity index (χ0v) is 14.4. The van der Waals surface area contributed by atoms with Crippen LogP contribution in [-0.2, 0) is 4.79 Å². The molecular weight excluding hydrogens is 324 g/mol. The molecule has 0 unspecified atom stereocenters. The summed E-state index contributed by atoms with van der Waals surface area (Å²) in [7, 11) is 0. The van der Waals surface area contributed by atoms with Gasteiger partial charge < -0.3 is 14.9 Å². The van der Waals surface area contributed by atoms with Crippen molar-refractivity contribution < 1.29 is 9.90 Å². The van der Waals surface area contributed by atoms with Gasteiger partial charge in [-0.15, -0.1) is 11.3 Å². The maximum absolute atomic E-state index is 10.9. The number of carboxylic acid groups (broad SMARTS) is 1. The van der Waals surface area contributed by atoms with Crippen molar-refractivity contribution in [2.45, 2.75) is 25.8 Å². The summed E-state index contributed by atoms with van der Waals surface area (Å²) in [6.45, 7) is 5.10. The molecule has 4 heterocycles. The van der Waals surface area contributed by atoms with E-state index in [1.807, 2.05) is 0 Å². The van der Waals surface area contributed by atoms with Gasteiger partial charge in [-0.05, 0) is 31.1 Å². The van der Waals surface area contributed by atoms with E-state index in [-0.39, 0.29) is 0 Å². The second-order valence-corrected chi connectivity index (χ2v) is 8.09. The fourth-order valence-corrected chi connectivity index (χ4v) is 5.08. The van der Waals surface area contributed by atoms with Gasteiger partial charge in [0.2, 0.25) is 5.95 Å². The molecule has 1 N–H and O–H groups in total. The first-order valence-corrected chi connectivity index (χ1v) is 9.53. The predicted molar refractivity (Wildman–Crippen MR) is 93.8 cm³/mol. The monoisotopic (exact) mass is 344 g/mol. The highest BCUT2D eigenvalue weighted by Gasteiger charge is 2.56. The lowest BCUT2D eigenvalue weighted by Crippen LogP contribution is -2.46. The van der Waals surface area contributed by atoms with E-state index in [0.717, 1.165) is 42.3 Å². The quantitative estimate of drug-likeness (QED) is 0.919. The Morgan fingerprint density at radius 1 is 1.33 bits per heavy atom. The summed E-state index contributed by atoms with van der Waals surface area (Å²) >= 11 is 1.67. The number of hydrogen-bond donors (Lipinski definition) is 1. The predicted octanol–water partition coefficient (Wildman–Crippen LogP) is 2.45. The van der Waals surface area contributed by atoms with Gasteiger partial charge in [0.25, 0.3) is 0 Å². The van der Waals surface area contributed by atoms with Crippen molar-refractivity contribution in [1.29, 1.82) is 0 Å². The Morgan fingerprint density at radius 2 is 2.12 bits per heavy atom. The first-order chi connectivity index (χ1) is 11.6. The second kappa shape index (κ2) is 5.05. The van der Waals surface area contributed by atoms with Crippen molar-refractivity contribution in [3.05, 3.63) is 10.8 Å². The standard InChI is InChI=1S/C17H20N4O2S/c1-9-2-3-21(9)17-18-14-8-24-7-13(14)16(19-17)20-5-11-10(4-15(22)23)12(11)6-20/h7-12H,2-6H2,1H3,(H,22,23)/t9-,10-,11-,12+/m0/s1. The number of hydrogen-bond acceptors (Lipinski definition) is 6. The second-order valence-electron chi connectivity index (χ2n) is 7.34. The zero-order valence-electron chi connectivity index (χ0n) is 13.6. The minimum atomic E-state index is -0.669. The Bertz CT molecular complexity index is 810. The summed E-state index contributed by atoms with van der Waals surface area (Å²) in [5.41, 5.74) is 1.03. The van der Waals surface area contributed by atoms with E-state index in [2.05, 4.69) is 27.5 Å². The number of aliphatic carboxylic acids is 1. The molecule has 1 saturated carbocycles. The number of fused-ring (bicyclic) bond motifs is 2. The number of rotatable bonds is 4. The van der Waals surface area contributed by atoms with Crippen LogP contribution in [0.3, 0.4) is 0 Å². The molecule has 2 saturated heterocycles. The third-order valence-corrected chi connectivity index (χ3v) is 6.70. The summed E-state index contributed by atoms with van der Waals surface area (Å²) in [5, 5.41) is 14.4. The van der Waals surface area contributed by atoms with Gasteiger partial charge in [0.15, 0.2) is 0 Å². The van der Waals surface area contributed by atoms with E-state index in [1.54, 1.807) is 11.3 Å². The van der Waals surface area contributed by atoms with Gasteiger partial charge in [-0.25, -0.2) is 4.98 Å². The third kappa shape index (κ3) is 2.10. The Balaban J connectivity index is 1.43. The van der Waals surface area contributed by atoms with Crippen LogP contribution in [0.4, 0.5) is 11.8 Å². The SMILES string of the molecule is C[C@H]1CCN1c1nc(N2C[C@@H]3[C@@H](CC(=O)O)[C@@H]3C2)c2cscc2n1. The molecule has 0 radical (unpaired) electrons. The van der Waals surface area contributed by atoms with Gasteiger partial charge in [0.05, 0.1) is 10.9 Å². The molecule has 2 aliphatic heterocycles. The number of anilines is 2. The van der Waals surface area contributed by atoms with Crippen molar-refractivity contribution in [3.8, 4) is 0 Å². The molecule has 5 rings (SSSR count). The molecular formula is C17H20N4O2S. The van der Waals surface area contributed by atoms with Crippen LogP contribution in [0.1, 0.15) is 19.8 Å². The van der Waals surface area contributed by atoms with Crippen molar-refractivity contribution in [2.24, 2.45) is 17.8 Å². The van der Waals surface area contributed by atoms with Crippen LogP contribution in [0.2, 0.25) is 0 Å². The molecule has 24 heavy (non-hydrogen) atoms. The highest BCUT2D eigenvalue weighted by atomic mass is 32.1. The van der Waals surface area contributed by atoms with Crippen molar-refractivity contribution in [2.75, 3.05) is 29.4 Å². The van der Waals surface area contributed by atoms with Crippen molar-refractivity contribution in [1.82, 2.24) is 9.97 Å². The maximum atomic E-state index is 10.9. The van der Waals surface area contributed by atoms with Crippen LogP contribution in [-0.4, -0.2) is 46.7 Å². The average Bonchev–Trinajstić information content (AvgIpc) is 2.97. The van der Waals surface area contributed by atoms with E-state index in [1.165, 1.54) is 6.42 Å². The fraction of sp³-hybridized carbons (Fsp3) is 0.588. The molecule has 3 aliphatic rings. The Morgan fingerprint density at radius 3 is 2.75 bits per heavy atom. The average molecular weight is 344 g/mol. The topological polar surface area (TPSA) is 69.6 Å². The lowest BCUT2D eigenvalue weighted by molar-refractivity contribution is -0.137. The summed E-state index contributed by atoms with van der Waals surface area (Å²) < 4.78 is 0. The van der Waals surface area contributed by atoms with Gasteiger partial charge in [-0.2, -0.15) is 4.98 Å². The van der Waals surface area contributed by atoms with Crippen molar-refractivity contribution in [3.63, 3.8) is 0 Å². The Hall–Kier alpha value is -1.89. The van der Waals surface area contributed by atoms with E-state index in [9.17, 15) is 4.79 Å². The molecule has 0 aromatic carbocycles. The van der Waals surface area contributed by atoms with Crippen LogP contribution in [0.5, 0.6) is 0 Å². The molecule has 2 aromatic rings. The lowest BCUT2D eigenvalue weighted by Gasteiger charge is -2.39. The molecule has 3 fully saturated rings. The first kappa shape index (κ1) is 14.5. The molecule has 6 nitrogen and oxygen atoms in total. The summed E-state index contributed by atoms with van der Waals surface area (Å²) in [5.74, 6) is 2.63. The molecule has 4 atom stereocenters. The number of carbonyl (C=O) groups is 1. The van der Waals surface area contributed by atoms with Gasteiger partial charge >= 0.3 is 5.97 Å². The lowest BCUT2D eigenvalue weighted by atomic mass is 10.1. The minimum Gasteiger partial charge on any atom is -0.481 e. The van der Waals surface area contributed by atoms with Crippen molar-refractivity contribution >= 4 is 40.0 Å². The fourth-order valence-electron chi connectivity index (χ4n) is 4.34. The highest BCUT2D eigenvalue weighted by molar-refractivity contribution is 7.09. The van der Waals surface area contributed by atoms with Crippen LogP contribution < -0.4 is 9.80 Å². The molecule has 0 bridgehead atoms. The number of aromatic nitrogens is 2. The van der Waals surface area contributed by atoms with E-state index in [0.29, 0.717) is 30.2 Å². The minimum absolute atomic E-state index is 0.317. The Labute approximate surface area is 144 Å². The van der Waals surface area contributed by atoms with Crippen LogP contribution >= 0.6 is 11.3 Å². The molecule has 2 aromatic heterocycles. The largest absolute Gasteiger partial charge is 0.481 e. The van der Waals surface area contributed by atoms with Crippen LogP contribution in [0.15, 0.2) is 10.8 Å². The molecule has 1 aliphatic carbocycles. The molecule has 0 amide bonds. The highest BCUT2D eigenvalue weighted by Crippen LogP contribution is 2.54. The van der Waals surface area contributed by atoms with E-state index >= 15 is 0 Å². The number of piperidine rings is 1. The van der Waals surface area contributed by atoms with E-state index in [4.69, 9.17) is 15.1 Å². The van der Waals surface area contributed by atoms with Gasteiger partial charge in [0, 0.05) is 42.9 Å². The van der Waals surface area contributed by atoms with E-state index < -0.39 is 5.97 Å². The number of thiophene rings is 1. The van der Waals surface area contributed by atoms with Gasteiger partial charge in [-0.1, -0.05) is 0 Å². The van der Waals surface area contributed by atoms with Crippen LogP contribution in [0.25, 0.3) is 10.9 Å². The summed E-state index contributed by atoms with van der Waals surface area (Å²) in [6.07, 6.45) is 1.52.